The van der Waals surface area contributed by atoms with Crippen molar-refractivity contribution >= 4 is 28.3 Å². The molecule has 2 amide bonds. The highest BCUT2D eigenvalue weighted by molar-refractivity contribution is 7.16. The van der Waals surface area contributed by atoms with E-state index in [2.05, 4.69) is 10.3 Å². The first-order valence-corrected chi connectivity index (χ1v) is 10.6. The number of ether oxygens (including phenoxy) is 1. The third-order valence-electron chi connectivity index (χ3n) is 5.28. The number of methoxy groups -OCH3 is 1. The number of likely N-dealkylation sites (tertiary alicyclic amines) is 1. The minimum Gasteiger partial charge on any atom is -0.497 e. The smallest absolute Gasteiger partial charge is 0.289 e. The second-order valence-corrected chi connectivity index (χ2v) is 8.39. The second-order valence-electron chi connectivity index (χ2n) is 7.19. The minimum absolute atomic E-state index is 0.0462. The molecule has 1 N–H and O–H groups in total. The number of aromatic nitrogens is 1. The molecule has 0 bridgehead atoms. The summed E-state index contributed by atoms with van der Waals surface area (Å²) < 4.78 is 10.4. The molecule has 0 saturated carbocycles. The quantitative estimate of drug-likeness (QED) is 0.662. The zero-order valence-electron chi connectivity index (χ0n) is 16.9. The van der Waals surface area contributed by atoms with Gasteiger partial charge < -0.3 is 19.4 Å². The number of hydrogen-bond donors (Lipinski definition) is 1. The van der Waals surface area contributed by atoms with E-state index in [-0.39, 0.29) is 17.7 Å². The molecule has 3 heterocycles. The van der Waals surface area contributed by atoms with E-state index in [1.165, 1.54) is 17.6 Å². The Morgan fingerprint density at radius 1 is 1.20 bits per heavy atom. The van der Waals surface area contributed by atoms with E-state index in [4.69, 9.17) is 9.15 Å². The summed E-state index contributed by atoms with van der Waals surface area (Å²) in [6.45, 7) is 3.06. The normalized spacial score (nSPS) is 14.5. The van der Waals surface area contributed by atoms with Crippen LogP contribution in [-0.4, -0.2) is 41.9 Å². The first-order valence-electron chi connectivity index (χ1n) is 9.80. The molecule has 1 aromatic carbocycles. The first-order chi connectivity index (χ1) is 14.5. The minimum atomic E-state index is -0.140. The van der Waals surface area contributed by atoms with Gasteiger partial charge in [-0.25, -0.2) is 4.98 Å². The SMILES string of the molecule is COc1ccc(-c2nc(NC(=O)C3CCN(C(=O)c4ccco4)CC3)sc2C)cc1. The summed E-state index contributed by atoms with van der Waals surface area (Å²) in [5.41, 5.74) is 1.84. The van der Waals surface area contributed by atoms with Crippen LogP contribution in [0, 0.1) is 12.8 Å². The molecule has 8 heteroatoms. The Kier molecular flexibility index (Phi) is 5.85. The molecule has 1 saturated heterocycles. The van der Waals surface area contributed by atoms with Gasteiger partial charge in [-0.3, -0.25) is 9.59 Å². The fourth-order valence-corrected chi connectivity index (χ4v) is 4.41. The Morgan fingerprint density at radius 2 is 1.93 bits per heavy atom. The lowest BCUT2D eigenvalue weighted by molar-refractivity contribution is -0.121. The topological polar surface area (TPSA) is 84.7 Å². The third-order valence-corrected chi connectivity index (χ3v) is 6.16. The first kappa shape index (κ1) is 20.2. The standard InChI is InChI=1S/C22H23N3O4S/c1-14-19(15-5-7-17(28-2)8-6-15)23-22(30-14)24-20(26)16-9-11-25(12-10-16)21(27)18-4-3-13-29-18/h3-8,13,16H,9-12H2,1-2H3,(H,23,24,26). The van der Waals surface area contributed by atoms with Crippen LogP contribution in [0.25, 0.3) is 11.3 Å². The summed E-state index contributed by atoms with van der Waals surface area (Å²) in [5.74, 6) is 0.812. The zero-order valence-corrected chi connectivity index (χ0v) is 17.7. The number of piperidine rings is 1. The molecule has 1 aliphatic heterocycles. The lowest BCUT2D eigenvalue weighted by Crippen LogP contribution is -2.41. The van der Waals surface area contributed by atoms with E-state index in [0.29, 0.717) is 36.8 Å². The lowest BCUT2D eigenvalue weighted by Gasteiger charge is -2.30. The van der Waals surface area contributed by atoms with Crippen LogP contribution in [0.15, 0.2) is 47.1 Å². The predicted molar refractivity (Wildman–Crippen MR) is 115 cm³/mol. The molecule has 0 spiro atoms. The Balaban J connectivity index is 1.36. The van der Waals surface area contributed by atoms with E-state index in [9.17, 15) is 9.59 Å². The number of thiazole rings is 1. The van der Waals surface area contributed by atoms with Gasteiger partial charge in [0, 0.05) is 29.4 Å². The van der Waals surface area contributed by atoms with Gasteiger partial charge in [0.25, 0.3) is 5.91 Å². The molecule has 3 aromatic rings. The summed E-state index contributed by atoms with van der Waals surface area (Å²) in [6, 6.07) is 11.1. The van der Waals surface area contributed by atoms with Crippen LogP contribution in [0.2, 0.25) is 0 Å². The van der Waals surface area contributed by atoms with Crippen molar-refractivity contribution in [3.05, 3.63) is 53.3 Å². The van der Waals surface area contributed by atoms with Gasteiger partial charge in [-0.2, -0.15) is 0 Å². The monoisotopic (exact) mass is 425 g/mol. The van der Waals surface area contributed by atoms with Crippen LogP contribution in [-0.2, 0) is 4.79 Å². The van der Waals surface area contributed by atoms with Gasteiger partial charge in [-0.05, 0) is 56.2 Å². The van der Waals surface area contributed by atoms with Crippen LogP contribution in [0.1, 0.15) is 28.3 Å². The van der Waals surface area contributed by atoms with E-state index in [1.54, 1.807) is 24.1 Å². The number of benzene rings is 1. The Labute approximate surface area is 178 Å². The lowest BCUT2D eigenvalue weighted by atomic mass is 9.96. The summed E-state index contributed by atoms with van der Waals surface area (Å²) >= 11 is 1.46. The molecule has 0 unspecified atom stereocenters. The van der Waals surface area contributed by atoms with Crippen molar-refractivity contribution in [1.82, 2.24) is 9.88 Å². The number of nitrogens with zero attached hydrogens (tertiary/aromatic N) is 2. The summed E-state index contributed by atoms with van der Waals surface area (Å²) in [6.07, 6.45) is 2.73. The maximum atomic E-state index is 12.7. The molecular formula is C22H23N3O4S. The highest BCUT2D eigenvalue weighted by Gasteiger charge is 2.29. The molecule has 156 valence electrons. The van der Waals surface area contributed by atoms with Gasteiger partial charge in [0.2, 0.25) is 5.91 Å². The van der Waals surface area contributed by atoms with Crippen molar-refractivity contribution in [2.75, 3.05) is 25.5 Å². The number of carbonyl (C=O) groups excluding carboxylic acids is 2. The average Bonchev–Trinajstić information content (AvgIpc) is 3.43. The molecule has 30 heavy (non-hydrogen) atoms. The molecule has 0 atom stereocenters. The molecule has 0 aliphatic carbocycles. The molecule has 1 aliphatic rings. The molecule has 4 rings (SSSR count). The molecule has 7 nitrogen and oxygen atoms in total. The number of nitrogens with one attached hydrogen (secondary N) is 1. The highest BCUT2D eigenvalue weighted by Crippen LogP contribution is 2.32. The molecule has 1 fully saturated rings. The summed E-state index contributed by atoms with van der Waals surface area (Å²) in [7, 11) is 1.63. The van der Waals surface area contributed by atoms with E-state index in [1.807, 2.05) is 31.2 Å². The highest BCUT2D eigenvalue weighted by atomic mass is 32.1. The number of hydrogen-bond acceptors (Lipinski definition) is 6. The van der Waals surface area contributed by atoms with Gasteiger partial charge in [-0.15, -0.1) is 11.3 Å². The Hall–Kier alpha value is -3.13. The van der Waals surface area contributed by atoms with Crippen molar-refractivity contribution in [3.63, 3.8) is 0 Å². The second kappa shape index (κ2) is 8.71. The van der Waals surface area contributed by atoms with Gasteiger partial charge in [0.05, 0.1) is 19.1 Å². The largest absolute Gasteiger partial charge is 0.497 e. The average molecular weight is 426 g/mol. The number of rotatable bonds is 5. The maximum Gasteiger partial charge on any atom is 0.289 e. The van der Waals surface area contributed by atoms with Crippen LogP contribution >= 0.6 is 11.3 Å². The predicted octanol–water partition coefficient (Wildman–Crippen LogP) is 4.21. The zero-order chi connectivity index (χ0) is 21.1. The summed E-state index contributed by atoms with van der Waals surface area (Å²) in [5, 5.41) is 3.55. The number of carbonyl (C=O) groups is 2. The van der Waals surface area contributed by atoms with Crippen molar-refractivity contribution < 1.29 is 18.7 Å². The van der Waals surface area contributed by atoms with Crippen molar-refractivity contribution in [2.45, 2.75) is 19.8 Å². The Morgan fingerprint density at radius 3 is 2.57 bits per heavy atom. The summed E-state index contributed by atoms with van der Waals surface area (Å²) in [4.78, 5) is 32.5. The van der Waals surface area contributed by atoms with Crippen LogP contribution < -0.4 is 10.1 Å². The van der Waals surface area contributed by atoms with Crippen molar-refractivity contribution in [1.29, 1.82) is 0 Å². The fraction of sp³-hybridized carbons (Fsp3) is 0.318. The van der Waals surface area contributed by atoms with Gasteiger partial charge in [0.15, 0.2) is 10.9 Å². The van der Waals surface area contributed by atoms with Gasteiger partial charge in [0.1, 0.15) is 5.75 Å². The molecular weight excluding hydrogens is 402 g/mol. The number of amides is 2. The molecule has 0 radical (unpaired) electrons. The van der Waals surface area contributed by atoms with Crippen molar-refractivity contribution in [3.8, 4) is 17.0 Å². The fourth-order valence-electron chi connectivity index (χ4n) is 3.57. The van der Waals surface area contributed by atoms with Crippen molar-refractivity contribution in [2.24, 2.45) is 5.92 Å². The van der Waals surface area contributed by atoms with Gasteiger partial charge >= 0.3 is 0 Å². The number of anilines is 1. The van der Waals surface area contributed by atoms with E-state index in [0.717, 1.165) is 21.9 Å². The third kappa shape index (κ3) is 4.23. The Bertz CT molecular complexity index is 1020. The number of furan rings is 1. The maximum absolute atomic E-state index is 12.7. The van der Waals surface area contributed by atoms with E-state index >= 15 is 0 Å². The molecule has 2 aromatic heterocycles. The van der Waals surface area contributed by atoms with Gasteiger partial charge in [-0.1, -0.05) is 0 Å². The van der Waals surface area contributed by atoms with E-state index < -0.39 is 0 Å². The van der Waals surface area contributed by atoms with Crippen LogP contribution in [0.4, 0.5) is 5.13 Å². The number of aryl methyl sites for hydroxylation is 1. The van der Waals surface area contributed by atoms with Crippen LogP contribution in [0.5, 0.6) is 5.75 Å². The van der Waals surface area contributed by atoms with Crippen LogP contribution in [0.3, 0.4) is 0 Å².